The van der Waals surface area contributed by atoms with E-state index in [0.29, 0.717) is 31.8 Å². The Bertz CT molecular complexity index is 1210. The van der Waals surface area contributed by atoms with Crippen LogP contribution in [0.1, 0.15) is 12.8 Å². The van der Waals surface area contributed by atoms with Gasteiger partial charge in [-0.05, 0) is 28.1 Å². The van der Waals surface area contributed by atoms with Crippen molar-refractivity contribution < 1.29 is 14.6 Å². The van der Waals surface area contributed by atoms with Gasteiger partial charge < -0.3 is 19.3 Å². The van der Waals surface area contributed by atoms with Gasteiger partial charge in [0.05, 0.1) is 5.69 Å². The van der Waals surface area contributed by atoms with Crippen LogP contribution in [0.5, 0.6) is 5.88 Å². The predicted molar refractivity (Wildman–Crippen MR) is 110 cm³/mol. The SMILES string of the molecule is Cn1cc(-c2ccc(-n3cnnn3)cc2)c2ncnc(OC3CCN(C(=O)O)CC3)c21. The van der Waals surface area contributed by atoms with Crippen molar-refractivity contribution in [1.82, 2.24) is 39.6 Å². The van der Waals surface area contributed by atoms with Crippen LogP contribution in [0.15, 0.2) is 43.1 Å². The molecule has 1 aliphatic heterocycles. The van der Waals surface area contributed by atoms with Crippen molar-refractivity contribution in [1.29, 1.82) is 0 Å². The standard InChI is InChI=1S/C20H20N8O3/c1-26-10-16(13-2-4-14(5-3-13)28-12-23-24-25-28)17-18(26)19(22-11-21-17)31-15-6-8-27(9-7-15)20(29)30/h2-5,10-12,15H,6-9H2,1H3,(H,29,30). The van der Waals surface area contributed by atoms with Crippen LogP contribution < -0.4 is 4.74 Å². The summed E-state index contributed by atoms with van der Waals surface area (Å²) < 4.78 is 9.73. The van der Waals surface area contributed by atoms with Crippen LogP contribution in [0.2, 0.25) is 0 Å². The zero-order valence-electron chi connectivity index (χ0n) is 16.8. The van der Waals surface area contributed by atoms with Gasteiger partial charge in [0.1, 0.15) is 29.8 Å². The van der Waals surface area contributed by atoms with Gasteiger partial charge in [-0.2, -0.15) is 4.98 Å². The molecule has 1 amide bonds. The largest absolute Gasteiger partial charge is 0.473 e. The van der Waals surface area contributed by atoms with Crippen molar-refractivity contribution in [3.63, 3.8) is 0 Å². The van der Waals surface area contributed by atoms with E-state index in [1.54, 1.807) is 11.0 Å². The number of carbonyl (C=O) groups is 1. The van der Waals surface area contributed by atoms with Crippen molar-refractivity contribution in [3.05, 3.63) is 43.1 Å². The smallest absolute Gasteiger partial charge is 0.407 e. The maximum atomic E-state index is 11.1. The van der Waals surface area contributed by atoms with E-state index < -0.39 is 6.09 Å². The molecule has 4 heterocycles. The lowest BCUT2D eigenvalue weighted by Gasteiger charge is -2.30. The van der Waals surface area contributed by atoms with E-state index in [4.69, 9.17) is 9.84 Å². The fourth-order valence-corrected chi connectivity index (χ4v) is 3.89. The third kappa shape index (κ3) is 3.54. The summed E-state index contributed by atoms with van der Waals surface area (Å²) in [6.45, 7) is 0.917. The number of fused-ring (bicyclic) bond motifs is 1. The highest BCUT2D eigenvalue weighted by Gasteiger charge is 2.25. The number of tetrazole rings is 1. The van der Waals surface area contributed by atoms with Crippen LogP contribution >= 0.6 is 0 Å². The molecule has 0 atom stereocenters. The second kappa shape index (κ2) is 7.67. The highest BCUT2D eigenvalue weighted by molar-refractivity contribution is 5.95. The number of rotatable bonds is 4. The molecule has 4 aromatic rings. The molecule has 0 saturated carbocycles. The number of piperidine rings is 1. The van der Waals surface area contributed by atoms with E-state index in [-0.39, 0.29) is 6.10 Å². The number of carboxylic acid groups (broad SMARTS) is 1. The molecule has 0 radical (unpaired) electrons. The van der Waals surface area contributed by atoms with Gasteiger partial charge >= 0.3 is 6.09 Å². The van der Waals surface area contributed by atoms with Crippen LogP contribution in [0.25, 0.3) is 27.8 Å². The molecule has 1 N–H and O–H groups in total. The van der Waals surface area contributed by atoms with E-state index in [1.165, 1.54) is 11.2 Å². The van der Waals surface area contributed by atoms with E-state index >= 15 is 0 Å². The molecule has 0 spiro atoms. The Labute approximate surface area is 176 Å². The predicted octanol–water partition coefficient (Wildman–Crippen LogP) is 2.13. The Kier molecular flexibility index (Phi) is 4.69. The molecular formula is C20H20N8O3. The third-order valence-electron chi connectivity index (χ3n) is 5.50. The van der Waals surface area contributed by atoms with E-state index in [9.17, 15) is 4.79 Å². The Morgan fingerprint density at radius 3 is 2.61 bits per heavy atom. The van der Waals surface area contributed by atoms with E-state index in [0.717, 1.165) is 27.8 Å². The summed E-state index contributed by atoms with van der Waals surface area (Å²) in [5.41, 5.74) is 4.43. The number of nitrogens with zero attached hydrogens (tertiary/aromatic N) is 8. The molecule has 0 aliphatic carbocycles. The van der Waals surface area contributed by atoms with Gasteiger partial charge in [0.25, 0.3) is 0 Å². The minimum atomic E-state index is -0.888. The first-order chi connectivity index (χ1) is 15.1. The normalized spacial score (nSPS) is 14.8. The number of likely N-dealkylation sites (tertiary alicyclic amines) is 1. The van der Waals surface area contributed by atoms with Gasteiger partial charge in [-0.25, -0.2) is 14.5 Å². The van der Waals surface area contributed by atoms with Gasteiger partial charge in [0.2, 0.25) is 5.88 Å². The molecule has 5 rings (SSSR count). The van der Waals surface area contributed by atoms with E-state index in [1.807, 2.05) is 42.1 Å². The van der Waals surface area contributed by atoms with Crippen molar-refractivity contribution in [2.75, 3.05) is 13.1 Å². The minimum Gasteiger partial charge on any atom is -0.473 e. The Balaban J connectivity index is 1.42. The number of ether oxygens (including phenoxy) is 1. The number of benzene rings is 1. The van der Waals surface area contributed by atoms with Crippen molar-refractivity contribution in [2.24, 2.45) is 7.05 Å². The monoisotopic (exact) mass is 420 g/mol. The molecule has 1 aliphatic rings. The lowest BCUT2D eigenvalue weighted by atomic mass is 10.1. The Morgan fingerprint density at radius 2 is 1.94 bits per heavy atom. The third-order valence-corrected chi connectivity index (χ3v) is 5.50. The van der Waals surface area contributed by atoms with Crippen molar-refractivity contribution >= 4 is 17.1 Å². The first-order valence-electron chi connectivity index (χ1n) is 9.88. The molecule has 11 heteroatoms. The molecule has 1 aromatic carbocycles. The second-order valence-corrected chi connectivity index (χ2v) is 7.42. The fraction of sp³-hybridized carbons (Fsp3) is 0.300. The quantitative estimate of drug-likeness (QED) is 0.532. The Morgan fingerprint density at radius 1 is 1.16 bits per heavy atom. The maximum Gasteiger partial charge on any atom is 0.407 e. The Hall–Kier alpha value is -4.02. The summed E-state index contributed by atoms with van der Waals surface area (Å²) in [5, 5.41) is 20.3. The molecule has 1 fully saturated rings. The average Bonchev–Trinajstić information content (AvgIpc) is 3.43. The van der Waals surface area contributed by atoms with Gasteiger partial charge in [-0.1, -0.05) is 12.1 Å². The number of hydrogen-bond acceptors (Lipinski definition) is 7. The lowest BCUT2D eigenvalue weighted by molar-refractivity contribution is 0.0877. The van der Waals surface area contributed by atoms with Crippen molar-refractivity contribution in [3.8, 4) is 22.7 Å². The maximum absolute atomic E-state index is 11.1. The number of aromatic nitrogens is 7. The second-order valence-electron chi connectivity index (χ2n) is 7.42. The first-order valence-corrected chi connectivity index (χ1v) is 9.88. The zero-order valence-corrected chi connectivity index (χ0v) is 16.8. The van der Waals surface area contributed by atoms with E-state index in [2.05, 4.69) is 25.5 Å². The molecular weight excluding hydrogens is 400 g/mol. The summed E-state index contributed by atoms with van der Waals surface area (Å²) in [7, 11) is 1.94. The summed E-state index contributed by atoms with van der Waals surface area (Å²) in [6.07, 6.45) is 5.35. The van der Waals surface area contributed by atoms with Crippen LogP contribution in [-0.4, -0.2) is 70.0 Å². The molecule has 0 bridgehead atoms. The molecule has 1 saturated heterocycles. The average molecular weight is 420 g/mol. The summed E-state index contributed by atoms with van der Waals surface area (Å²) in [5.74, 6) is 0.512. The zero-order chi connectivity index (χ0) is 21.4. The molecule has 158 valence electrons. The van der Waals surface area contributed by atoms with Crippen LogP contribution in [0.3, 0.4) is 0 Å². The number of amides is 1. The molecule has 3 aromatic heterocycles. The van der Waals surface area contributed by atoms with Crippen molar-refractivity contribution in [2.45, 2.75) is 18.9 Å². The number of aryl methyl sites for hydroxylation is 1. The molecule has 11 nitrogen and oxygen atoms in total. The summed E-state index contributed by atoms with van der Waals surface area (Å²) in [6, 6.07) is 7.88. The lowest BCUT2D eigenvalue weighted by Crippen LogP contribution is -2.41. The van der Waals surface area contributed by atoms with Crippen LogP contribution in [0, 0.1) is 0 Å². The van der Waals surface area contributed by atoms with Crippen LogP contribution in [-0.2, 0) is 7.05 Å². The van der Waals surface area contributed by atoms with Gasteiger partial charge in [-0.15, -0.1) is 5.10 Å². The van der Waals surface area contributed by atoms with Crippen LogP contribution in [0.4, 0.5) is 4.79 Å². The van der Waals surface area contributed by atoms with Gasteiger partial charge in [-0.3, -0.25) is 0 Å². The molecule has 0 unspecified atom stereocenters. The minimum absolute atomic E-state index is 0.0809. The topological polar surface area (TPSA) is 124 Å². The first kappa shape index (κ1) is 19.0. The summed E-state index contributed by atoms with van der Waals surface area (Å²) in [4.78, 5) is 21.4. The fourth-order valence-electron chi connectivity index (χ4n) is 3.89. The van der Waals surface area contributed by atoms with Gasteiger partial charge in [0, 0.05) is 44.7 Å². The highest BCUT2D eigenvalue weighted by atomic mass is 16.5. The summed E-state index contributed by atoms with van der Waals surface area (Å²) >= 11 is 0. The van der Waals surface area contributed by atoms with Gasteiger partial charge in [0.15, 0.2) is 0 Å². The number of hydrogen-bond donors (Lipinski definition) is 1. The highest BCUT2D eigenvalue weighted by Crippen LogP contribution is 2.33. The molecule has 31 heavy (non-hydrogen) atoms.